The van der Waals surface area contributed by atoms with Gasteiger partial charge in [-0.15, -0.1) is 0 Å². The van der Waals surface area contributed by atoms with E-state index in [9.17, 15) is 0 Å². The summed E-state index contributed by atoms with van der Waals surface area (Å²) in [4.78, 5) is 8.81. The van der Waals surface area contributed by atoms with E-state index >= 15 is 0 Å². The lowest BCUT2D eigenvalue weighted by Gasteiger charge is -2.05. The first-order chi connectivity index (χ1) is 8.22. The third-order valence-electron chi connectivity index (χ3n) is 2.40. The fourth-order valence-electron chi connectivity index (χ4n) is 1.62. The molecule has 2 aromatic rings. The fourth-order valence-corrected chi connectivity index (χ4v) is 1.62. The van der Waals surface area contributed by atoms with Gasteiger partial charge in [0.15, 0.2) is 5.82 Å². The molecule has 6 nitrogen and oxygen atoms in total. The average Bonchev–Trinajstić information content (AvgIpc) is 2.76. The number of nitrogens with one attached hydrogen (secondary N) is 1. The van der Waals surface area contributed by atoms with Crippen LogP contribution in [-0.4, -0.2) is 19.7 Å². The van der Waals surface area contributed by atoms with Crippen molar-refractivity contribution in [3.63, 3.8) is 0 Å². The predicted octanol–water partition coefficient (Wildman–Crippen LogP) is 1.12. The molecule has 0 saturated heterocycles. The standard InChI is InChI=1S/C11H16N6/c1-3-4-9-5-10(16-12)15-11(14-9)8-6-13-17(2)7-8/h5-7H,3-4,12H2,1-2H3,(H,14,15,16). The summed E-state index contributed by atoms with van der Waals surface area (Å²) in [6.07, 6.45) is 5.56. The van der Waals surface area contributed by atoms with Crippen LogP contribution in [0.4, 0.5) is 5.82 Å². The van der Waals surface area contributed by atoms with Crippen molar-refractivity contribution in [2.45, 2.75) is 19.8 Å². The zero-order chi connectivity index (χ0) is 12.3. The molecule has 2 aromatic heterocycles. The Bertz CT molecular complexity index is 504. The summed E-state index contributed by atoms with van der Waals surface area (Å²) < 4.78 is 1.72. The number of nitrogen functional groups attached to an aromatic ring is 1. The van der Waals surface area contributed by atoms with E-state index < -0.39 is 0 Å². The van der Waals surface area contributed by atoms with E-state index in [1.807, 2.05) is 19.3 Å². The lowest BCUT2D eigenvalue weighted by molar-refractivity contribution is 0.768. The number of rotatable bonds is 4. The summed E-state index contributed by atoms with van der Waals surface area (Å²) in [7, 11) is 1.86. The Morgan fingerprint density at radius 1 is 1.41 bits per heavy atom. The molecule has 0 radical (unpaired) electrons. The third kappa shape index (κ3) is 2.59. The number of nitrogens with two attached hydrogens (primary N) is 1. The van der Waals surface area contributed by atoms with Crippen LogP contribution < -0.4 is 11.3 Å². The lowest BCUT2D eigenvalue weighted by atomic mass is 10.2. The lowest BCUT2D eigenvalue weighted by Crippen LogP contribution is -2.10. The Morgan fingerprint density at radius 2 is 2.24 bits per heavy atom. The van der Waals surface area contributed by atoms with Gasteiger partial charge in [0.05, 0.1) is 11.8 Å². The first-order valence-electron chi connectivity index (χ1n) is 5.56. The van der Waals surface area contributed by atoms with Crippen molar-refractivity contribution >= 4 is 5.82 Å². The molecule has 0 atom stereocenters. The van der Waals surface area contributed by atoms with Crippen molar-refractivity contribution in [2.75, 3.05) is 5.43 Å². The van der Waals surface area contributed by atoms with Crippen molar-refractivity contribution in [1.29, 1.82) is 0 Å². The van der Waals surface area contributed by atoms with Crippen LogP contribution in [-0.2, 0) is 13.5 Å². The van der Waals surface area contributed by atoms with Gasteiger partial charge in [-0.25, -0.2) is 15.8 Å². The Balaban J connectivity index is 2.42. The largest absolute Gasteiger partial charge is 0.308 e. The first-order valence-corrected chi connectivity index (χ1v) is 5.56. The van der Waals surface area contributed by atoms with Gasteiger partial charge in [0, 0.05) is 25.0 Å². The molecule has 0 spiro atoms. The Labute approximate surface area is 99.9 Å². The molecule has 90 valence electrons. The van der Waals surface area contributed by atoms with Gasteiger partial charge in [0.25, 0.3) is 0 Å². The van der Waals surface area contributed by atoms with E-state index in [1.165, 1.54) is 0 Å². The number of aromatic nitrogens is 4. The Kier molecular flexibility index (Phi) is 3.34. The molecule has 2 rings (SSSR count). The van der Waals surface area contributed by atoms with E-state index in [1.54, 1.807) is 10.9 Å². The summed E-state index contributed by atoms with van der Waals surface area (Å²) >= 11 is 0. The molecule has 0 aliphatic rings. The summed E-state index contributed by atoms with van der Waals surface area (Å²) in [6, 6.07) is 1.86. The normalized spacial score (nSPS) is 10.5. The fraction of sp³-hybridized carbons (Fsp3) is 0.364. The van der Waals surface area contributed by atoms with E-state index in [0.29, 0.717) is 11.6 Å². The maximum atomic E-state index is 5.41. The Morgan fingerprint density at radius 3 is 2.82 bits per heavy atom. The maximum Gasteiger partial charge on any atom is 0.164 e. The van der Waals surface area contributed by atoms with Crippen LogP contribution >= 0.6 is 0 Å². The second-order valence-electron chi connectivity index (χ2n) is 3.87. The van der Waals surface area contributed by atoms with Crippen LogP contribution in [0.3, 0.4) is 0 Å². The van der Waals surface area contributed by atoms with Gasteiger partial charge in [-0.1, -0.05) is 13.3 Å². The number of hydrogen-bond acceptors (Lipinski definition) is 5. The highest BCUT2D eigenvalue weighted by Gasteiger charge is 2.07. The predicted molar refractivity (Wildman–Crippen MR) is 66.0 cm³/mol. The topological polar surface area (TPSA) is 81.6 Å². The zero-order valence-corrected chi connectivity index (χ0v) is 10.0. The molecule has 0 aliphatic heterocycles. The molecular weight excluding hydrogens is 216 g/mol. The quantitative estimate of drug-likeness (QED) is 0.609. The van der Waals surface area contributed by atoms with Gasteiger partial charge in [-0.2, -0.15) is 5.10 Å². The molecule has 0 aliphatic carbocycles. The highest BCUT2D eigenvalue weighted by molar-refractivity contribution is 5.55. The zero-order valence-electron chi connectivity index (χ0n) is 10.0. The first kappa shape index (κ1) is 11.5. The van der Waals surface area contributed by atoms with Gasteiger partial charge >= 0.3 is 0 Å². The number of nitrogens with zero attached hydrogens (tertiary/aromatic N) is 4. The van der Waals surface area contributed by atoms with E-state index in [2.05, 4.69) is 27.4 Å². The highest BCUT2D eigenvalue weighted by Crippen LogP contribution is 2.17. The van der Waals surface area contributed by atoms with Gasteiger partial charge in [0.2, 0.25) is 0 Å². The van der Waals surface area contributed by atoms with Crippen LogP contribution in [0.25, 0.3) is 11.4 Å². The van der Waals surface area contributed by atoms with E-state index in [0.717, 1.165) is 24.1 Å². The molecule has 0 unspecified atom stereocenters. The van der Waals surface area contributed by atoms with Crippen LogP contribution in [0.15, 0.2) is 18.5 Å². The second-order valence-corrected chi connectivity index (χ2v) is 3.87. The van der Waals surface area contributed by atoms with Gasteiger partial charge < -0.3 is 5.43 Å². The van der Waals surface area contributed by atoms with E-state index in [4.69, 9.17) is 5.84 Å². The summed E-state index contributed by atoms with van der Waals surface area (Å²) in [5.41, 5.74) is 4.44. The summed E-state index contributed by atoms with van der Waals surface area (Å²) in [5.74, 6) is 6.68. The second kappa shape index (κ2) is 4.92. The number of anilines is 1. The minimum atomic E-state index is 0.627. The monoisotopic (exact) mass is 232 g/mol. The van der Waals surface area contributed by atoms with Crippen LogP contribution in [0.5, 0.6) is 0 Å². The van der Waals surface area contributed by atoms with Crippen molar-refractivity contribution < 1.29 is 0 Å². The summed E-state index contributed by atoms with van der Waals surface area (Å²) in [5, 5.41) is 4.11. The van der Waals surface area contributed by atoms with Gasteiger partial charge in [-0.3, -0.25) is 4.68 Å². The van der Waals surface area contributed by atoms with Crippen molar-refractivity contribution in [3.05, 3.63) is 24.2 Å². The molecule has 2 heterocycles. The average molecular weight is 232 g/mol. The molecule has 0 fully saturated rings. The number of hydrogen-bond donors (Lipinski definition) is 2. The number of hydrazine groups is 1. The molecule has 0 bridgehead atoms. The molecule has 17 heavy (non-hydrogen) atoms. The smallest absolute Gasteiger partial charge is 0.164 e. The van der Waals surface area contributed by atoms with Crippen molar-refractivity contribution in [3.8, 4) is 11.4 Å². The molecular formula is C11H16N6. The number of aryl methyl sites for hydroxylation is 2. The molecule has 0 aromatic carbocycles. The van der Waals surface area contributed by atoms with Gasteiger partial charge in [-0.05, 0) is 6.42 Å². The van der Waals surface area contributed by atoms with Crippen LogP contribution in [0.1, 0.15) is 19.0 Å². The van der Waals surface area contributed by atoms with Crippen molar-refractivity contribution in [2.24, 2.45) is 12.9 Å². The third-order valence-corrected chi connectivity index (χ3v) is 2.40. The molecule has 3 N–H and O–H groups in total. The minimum Gasteiger partial charge on any atom is -0.308 e. The van der Waals surface area contributed by atoms with E-state index in [-0.39, 0.29) is 0 Å². The molecule has 0 saturated carbocycles. The highest BCUT2D eigenvalue weighted by atomic mass is 15.3. The summed E-state index contributed by atoms with van der Waals surface area (Å²) in [6.45, 7) is 2.11. The van der Waals surface area contributed by atoms with Crippen LogP contribution in [0.2, 0.25) is 0 Å². The Hall–Kier alpha value is -1.95. The SMILES string of the molecule is CCCc1cc(NN)nc(-c2cnn(C)c2)n1. The molecule has 6 heteroatoms. The van der Waals surface area contributed by atoms with Gasteiger partial charge in [0.1, 0.15) is 5.82 Å². The minimum absolute atomic E-state index is 0.627. The van der Waals surface area contributed by atoms with Crippen LogP contribution in [0, 0.1) is 0 Å². The maximum absolute atomic E-state index is 5.41. The molecule has 0 amide bonds. The van der Waals surface area contributed by atoms with Crippen molar-refractivity contribution in [1.82, 2.24) is 19.7 Å².